The number of aliphatic hydroxyl groups excluding tert-OH is 1. The molecule has 0 aromatic carbocycles. The molecule has 0 rings (SSSR count). The molecule has 0 saturated carbocycles. The van der Waals surface area contributed by atoms with Gasteiger partial charge in [-0.1, -0.05) is 0 Å². The van der Waals surface area contributed by atoms with Crippen LogP contribution in [0.15, 0.2) is 5.34 Å². The van der Waals surface area contributed by atoms with Crippen LogP contribution in [0.1, 0.15) is 26.2 Å². The van der Waals surface area contributed by atoms with Crippen molar-refractivity contribution >= 4 is 11.6 Å². The zero-order chi connectivity index (χ0) is 11.0. The molecule has 0 fully saturated rings. The molecule has 0 amide bonds. The summed E-state index contributed by atoms with van der Waals surface area (Å²) in [5.41, 5.74) is 0. The van der Waals surface area contributed by atoms with Gasteiger partial charge < -0.3 is 9.94 Å². The first kappa shape index (κ1) is 12.7. The minimum atomic E-state index is -0.554. The van der Waals surface area contributed by atoms with Crippen LogP contribution in [0.2, 0.25) is 0 Å². The summed E-state index contributed by atoms with van der Waals surface area (Å²) in [4.78, 5) is 35.3. The number of aliphatic hydroxyl groups is 1. The molecule has 6 nitrogen and oxygen atoms in total. The summed E-state index contributed by atoms with van der Waals surface area (Å²) in [5, 5.41) is 10.9. The van der Waals surface area contributed by atoms with E-state index >= 15 is 0 Å². The molecule has 1 unspecified atom stereocenters. The lowest BCUT2D eigenvalue weighted by atomic mass is 10.1. The van der Waals surface area contributed by atoms with Gasteiger partial charge in [0.2, 0.25) is 0 Å². The van der Waals surface area contributed by atoms with Crippen molar-refractivity contribution in [1.29, 1.82) is 0 Å². The average molecular weight is 203 g/mol. The zero-order valence-electron chi connectivity index (χ0n) is 7.93. The fraction of sp³-hybridized carbons (Fsp3) is 0.750. The van der Waals surface area contributed by atoms with E-state index in [0.29, 0.717) is 6.42 Å². The highest BCUT2D eigenvalue weighted by Crippen LogP contribution is 2.00. The van der Waals surface area contributed by atoms with Crippen molar-refractivity contribution in [3.63, 3.8) is 0 Å². The van der Waals surface area contributed by atoms with Crippen molar-refractivity contribution in [3.05, 3.63) is 4.91 Å². The third kappa shape index (κ3) is 7.35. The van der Waals surface area contributed by atoms with Crippen molar-refractivity contribution in [2.24, 2.45) is 5.34 Å². The predicted molar refractivity (Wildman–Crippen MR) is 47.3 cm³/mol. The second-order valence-corrected chi connectivity index (χ2v) is 2.99. The Hall–Kier alpha value is -1.30. The van der Waals surface area contributed by atoms with Crippen LogP contribution in [-0.4, -0.2) is 29.4 Å². The standard InChI is InChI=1S/C8H13NO5/c1-6(10)2-3-7(11)4-8(12)5-14-9-13/h6,10H,2-5H2,1H3. The van der Waals surface area contributed by atoms with Crippen molar-refractivity contribution in [1.82, 2.24) is 0 Å². The van der Waals surface area contributed by atoms with Crippen LogP contribution in [0.4, 0.5) is 0 Å². The molecule has 80 valence electrons. The van der Waals surface area contributed by atoms with E-state index < -0.39 is 18.5 Å². The van der Waals surface area contributed by atoms with E-state index in [-0.39, 0.29) is 18.6 Å². The number of rotatable bonds is 8. The number of Topliss-reactive ketones (excluding diaryl/α,β-unsaturated/α-hetero) is 2. The summed E-state index contributed by atoms with van der Waals surface area (Å²) in [6.07, 6.45) is -0.346. The molecule has 0 bridgehead atoms. The highest BCUT2D eigenvalue weighted by Gasteiger charge is 2.11. The van der Waals surface area contributed by atoms with Crippen LogP contribution in [0.5, 0.6) is 0 Å². The van der Waals surface area contributed by atoms with E-state index in [2.05, 4.69) is 4.84 Å². The fourth-order valence-corrected chi connectivity index (χ4v) is 0.828. The first-order chi connectivity index (χ1) is 6.56. The Kier molecular flexibility index (Phi) is 6.47. The highest BCUT2D eigenvalue weighted by atomic mass is 16.7. The van der Waals surface area contributed by atoms with Gasteiger partial charge in [-0.3, -0.25) is 9.59 Å². The molecule has 0 radical (unpaired) electrons. The molecular weight excluding hydrogens is 190 g/mol. The van der Waals surface area contributed by atoms with Gasteiger partial charge in [0, 0.05) is 6.42 Å². The highest BCUT2D eigenvalue weighted by molar-refractivity contribution is 5.99. The molecular formula is C8H13NO5. The van der Waals surface area contributed by atoms with Gasteiger partial charge in [-0.05, 0) is 13.3 Å². The molecule has 6 heteroatoms. The van der Waals surface area contributed by atoms with Gasteiger partial charge in [-0.15, -0.1) is 4.91 Å². The van der Waals surface area contributed by atoms with Gasteiger partial charge in [0.1, 0.15) is 5.78 Å². The summed E-state index contributed by atoms with van der Waals surface area (Å²) < 4.78 is 0. The molecule has 0 aliphatic heterocycles. The van der Waals surface area contributed by atoms with Gasteiger partial charge in [0.05, 0.1) is 12.5 Å². The molecule has 1 N–H and O–H groups in total. The van der Waals surface area contributed by atoms with Crippen molar-refractivity contribution in [2.45, 2.75) is 32.3 Å². The number of ketones is 2. The molecule has 0 aliphatic carbocycles. The molecule has 1 atom stereocenters. The van der Waals surface area contributed by atoms with E-state index in [1.165, 1.54) is 0 Å². The first-order valence-electron chi connectivity index (χ1n) is 4.22. The number of carbonyl (C=O) groups is 2. The Morgan fingerprint density at radius 2 is 2.07 bits per heavy atom. The molecule has 14 heavy (non-hydrogen) atoms. The fourth-order valence-electron chi connectivity index (χ4n) is 0.828. The van der Waals surface area contributed by atoms with Crippen LogP contribution in [-0.2, 0) is 14.4 Å². The largest absolute Gasteiger partial charge is 0.393 e. The van der Waals surface area contributed by atoms with Crippen LogP contribution in [0.25, 0.3) is 0 Å². The van der Waals surface area contributed by atoms with E-state index in [1.807, 2.05) is 5.34 Å². The summed E-state index contributed by atoms with van der Waals surface area (Å²) in [6.45, 7) is 1.10. The van der Waals surface area contributed by atoms with Crippen LogP contribution in [0.3, 0.4) is 0 Å². The summed E-state index contributed by atoms with van der Waals surface area (Å²) in [5.74, 6) is -0.759. The number of nitrogens with zero attached hydrogens (tertiary/aromatic N) is 1. The van der Waals surface area contributed by atoms with Crippen LogP contribution >= 0.6 is 0 Å². The smallest absolute Gasteiger partial charge is 0.180 e. The van der Waals surface area contributed by atoms with Gasteiger partial charge >= 0.3 is 0 Å². The van der Waals surface area contributed by atoms with Crippen molar-refractivity contribution in [2.75, 3.05) is 6.61 Å². The lowest BCUT2D eigenvalue weighted by molar-refractivity contribution is -0.130. The third-order valence-electron chi connectivity index (χ3n) is 1.51. The van der Waals surface area contributed by atoms with E-state index in [4.69, 9.17) is 5.11 Å². The summed E-state index contributed by atoms with van der Waals surface area (Å²) >= 11 is 0. The van der Waals surface area contributed by atoms with Gasteiger partial charge in [-0.25, -0.2) is 0 Å². The van der Waals surface area contributed by atoms with Crippen LogP contribution < -0.4 is 0 Å². The van der Waals surface area contributed by atoms with Gasteiger partial charge in [-0.2, -0.15) is 0 Å². The van der Waals surface area contributed by atoms with E-state index in [9.17, 15) is 14.5 Å². The quantitative estimate of drug-likeness (QED) is 0.349. The summed E-state index contributed by atoms with van der Waals surface area (Å²) in [6, 6.07) is 0. The Morgan fingerprint density at radius 3 is 2.57 bits per heavy atom. The monoisotopic (exact) mass is 203 g/mol. The van der Waals surface area contributed by atoms with Crippen molar-refractivity contribution in [3.8, 4) is 0 Å². The topological polar surface area (TPSA) is 93.0 Å². The summed E-state index contributed by atoms with van der Waals surface area (Å²) in [7, 11) is 0. The van der Waals surface area contributed by atoms with Gasteiger partial charge in [0.25, 0.3) is 0 Å². The van der Waals surface area contributed by atoms with Gasteiger partial charge in [0.15, 0.2) is 17.7 Å². The number of hydrogen-bond acceptors (Lipinski definition) is 6. The molecule has 0 aromatic heterocycles. The normalized spacial score (nSPS) is 11.9. The first-order valence-corrected chi connectivity index (χ1v) is 4.22. The lowest BCUT2D eigenvalue weighted by Gasteiger charge is -2.02. The Labute approximate surface area is 81.2 Å². The number of hydrogen-bond donors (Lipinski definition) is 1. The van der Waals surface area contributed by atoms with Crippen molar-refractivity contribution < 1.29 is 19.5 Å². The minimum absolute atomic E-state index is 0.151. The Balaban J connectivity index is 3.60. The second kappa shape index (κ2) is 7.14. The van der Waals surface area contributed by atoms with Crippen LogP contribution in [0, 0.1) is 4.91 Å². The Bertz CT molecular complexity index is 214. The molecule has 0 heterocycles. The zero-order valence-corrected chi connectivity index (χ0v) is 7.93. The third-order valence-corrected chi connectivity index (χ3v) is 1.51. The minimum Gasteiger partial charge on any atom is -0.393 e. The maximum atomic E-state index is 11.0. The second-order valence-electron chi connectivity index (χ2n) is 2.99. The van der Waals surface area contributed by atoms with E-state index in [1.54, 1.807) is 6.92 Å². The average Bonchev–Trinajstić information content (AvgIpc) is 2.11. The number of carbonyl (C=O) groups excluding carboxylic acids is 2. The molecule has 0 saturated heterocycles. The predicted octanol–water partition coefficient (Wildman–Crippen LogP) is 0.374. The SMILES string of the molecule is CC(O)CCC(=O)CC(=O)CON=O. The van der Waals surface area contributed by atoms with E-state index in [0.717, 1.165) is 0 Å². The molecule has 0 aliphatic rings. The maximum Gasteiger partial charge on any atom is 0.180 e. The lowest BCUT2D eigenvalue weighted by Crippen LogP contribution is -2.13. The molecule has 0 aromatic rings. The Morgan fingerprint density at radius 1 is 1.43 bits per heavy atom. The maximum absolute atomic E-state index is 11.0. The molecule has 0 spiro atoms.